The fourth-order valence-electron chi connectivity index (χ4n) is 1.53. The third-order valence-electron chi connectivity index (χ3n) is 2.45. The van der Waals surface area contributed by atoms with Gasteiger partial charge in [0.2, 0.25) is 21.7 Å². The summed E-state index contributed by atoms with van der Waals surface area (Å²) in [6.07, 6.45) is 2.21. The Hall–Kier alpha value is -2.01. The van der Waals surface area contributed by atoms with E-state index in [2.05, 4.69) is 20.6 Å². The van der Waals surface area contributed by atoms with Crippen LogP contribution in [0.5, 0.6) is 0 Å². The minimum Gasteiger partial charge on any atom is -0.364 e. The van der Waals surface area contributed by atoms with Crippen molar-refractivity contribution in [2.24, 2.45) is 5.14 Å². The second kappa shape index (κ2) is 7.69. The second-order valence-electron chi connectivity index (χ2n) is 4.25. The Labute approximate surface area is 122 Å². The molecule has 0 amide bonds. The van der Waals surface area contributed by atoms with Gasteiger partial charge in [0.1, 0.15) is 6.33 Å². The summed E-state index contributed by atoms with van der Waals surface area (Å²) in [5, 5.41) is 21.6. The van der Waals surface area contributed by atoms with Crippen LogP contribution in [0, 0.1) is 10.1 Å². The van der Waals surface area contributed by atoms with Crippen molar-refractivity contribution in [3.63, 3.8) is 0 Å². The van der Waals surface area contributed by atoms with Crippen molar-refractivity contribution in [1.29, 1.82) is 0 Å². The second-order valence-corrected chi connectivity index (χ2v) is 5.98. The molecule has 11 heteroatoms. The molecule has 0 aliphatic heterocycles. The van der Waals surface area contributed by atoms with E-state index in [1.807, 2.05) is 6.92 Å². The highest BCUT2D eigenvalue weighted by molar-refractivity contribution is 7.89. The minimum absolute atomic E-state index is 0.0445. The smallest absolute Gasteiger partial charge is 0.353 e. The zero-order valence-electron chi connectivity index (χ0n) is 11.6. The molecule has 21 heavy (non-hydrogen) atoms. The van der Waals surface area contributed by atoms with Gasteiger partial charge in [0, 0.05) is 13.1 Å². The molecule has 0 unspecified atom stereocenters. The maximum Gasteiger partial charge on any atom is 0.353 e. The average molecular weight is 318 g/mol. The number of nitro groups is 1. The van der Waals surface area contributed by atoms with Crippen LogP contribution in [0.15, 0.2) is 6.33 Å². The summed E-state index contributed by atoms with van der Waals surface area (Å²) in [6, 6.07) is 0. The normalized spacial score (nSPS) is 11.1. The molecule has 0 saturated carbocycles. The molecule has 0 radical (unpaired) electrons. The van der Waals surface area contributed by atoms with Crippen LogP contribution in [-0.4, -0.2) is 42.2 Å². The number of nitrogens with two attached hydrogens (primary N) is 1. The standard InChI is InChI=1S/C10H18N6O4S/c1-2-4-12-9-8(16(17)18)10(15-7-14-9)13-5-3-6-21(11,19)20/h7H,2-6H2,1H3,(H2,11,19,20)(H2,12,13,14,15). The van der Waals surface area contributed by atoms with E-state index in [0.717, 1.165) is 6.42 Å². The van der Waals surface area contributed by atoms with E-state index in [4.69, 9.17) is 5.14 Å². The van der Waals surface area contributed by atoms with E-state index in [9.17, 15) is 18.5 Å². The summed E-state index contributed by atoms with van der Waals surface area (Å²) in [7, 11) is -3.54. The van der Waals surface area contributed by atoms with E-state index in [-0.39, 0.29) is 36.0 Å². The molecule has 0 fully saturated rings. The van der Waals surface area contributed by atoms with Crippen LogP contribution in [-0.2, 0) is 10.0 Å². The summed E-state index contributed by atoms with van der Waals surface area (Å²) in [6.45, 7) is 2.66. The van der Waals surface area contributed by atoms with Crippen LogP contribution in [0.25, 0.3) is 0 Å². The van der Waals surface area contributed by atoms with E-state index >= 15 is 0 Å². The predicted octanol–water partition coefficient (Wildman–Crippen LogP) is 0.297. The third-order valence-corrected chi connectivity index (χ3v) is 3.30. The molecule has 0 aliphatic carbocycles. The van der Waals surface area contributed by atoms with E-state index in [1.165, 1.54) is 6.33 Å². The van der Waals surface area contributed by atoms with Crippen LogP contribution in [0.2, 0.25) is 0 Å². The Bertz CT molecular complexity index is 591. The van der Waals surface area contributed by atoms with Crippen molar-refractivity contribution in [3.05, 3.63) is 16.4 Å². The zero-order valence-corrected chi connectivity index (χ0v) is 12.4. The molecule has 0 bridgehead atoms. The molecule has 0 saturated heterocycles. The molecule has 1 heterocycles. The summed E-state index contributed by atoms with van der Waals surface area (Å²) in [5.41, 5.74) is -0.262. The molecule has 0 atom stereocenters. The van der Waals surface area contributed by atoms with Gasteiger partial charge < -0.3 is 10.6 Å². The average Bonchev–Trinajstić information content (AvgIpc) is 2.40. The molecule has 10 nitrogen and oxygen atoms in total. The van der Waals surface area contributed by atoms with Gasteiger partial charge in [-0.25, -0.2) is 23.5 Å². The lowest BCUT2D eigenvalue weighted by Crippen LogP contribution is -2.19. The SMILES string of the molecule is CCCNc1ncnc(NCCCS(N)(=O)=O)c1[N+](=O)[O-]. The summed E-state index contributed by atoms with van der Waals surface area (Å²) >= 11 is 0. The van der Waals surface area contributed by atoms with Crippen molar-refractivity contribution in [3.8, 4) is 0 Å². The van der Waals surface area contributed by atoms with E-state index in [0.29, 0.717) is 6.54 Å². The quantitative estimate of drug-likeness (QED) is 0.333. The Kier molecular flexibility index (Phi) is 6.24. The number of aromatic nitrogens is 2. The lowest BCUT2D eigenvalue weighted by Gasteiger charge is -2.09. The van der Waals surface area contributed by atoms with Gasteiger partial charge in [0.05, 0.1) is 10.7 Å². The minimum atomic E-state index is -3.54. The number of nitrogens with zero attached hydrogens (tertiary/aromatic N) is 3. The van der Waals surface area contributed by atoms with Gasteiger partial charge in [-0.3, -0.25) is 10.1 Å². The largest absolute Gasteiger partial charge is 0.364 e. The molecule has 4 N–H and O–H groups in total. The maximum atomic E-state index is 11.1. The molecular formula is C10H18N6O4S. The number of sulfonamides is 1. The third kappa shape index (κ3) is 5.87. The van der Waals surface area contributed by atoms with Crippen molar-refractivity contribution < 1.29 is 13.3 Å². The summed E-state index contributed by atoms with van der Waals surface area (Å²) < 4.78 is 21.6. The molecule has 1 aromatic rings. The molecule has 1 aromatic heterocycles. The number of rotatable bonds is 9. The lowest BCUT2D eigenvalue weighted by atomic mass is 10.4. The van der Waals surface area contributed by atoms with Crippen molar-refractivity contribution in [2.75, 3.05) is 29.5 Å². The predicted molar refractivity (Wildman–Crippen MR) is 78.5 cm³/mol. The fraction of sp³-hybridized carbons (Fsp3) is 0.600. The lowest BCUT2D eigenvalue weighted by molar-refractivity contribution is -0.383. The number of primary sulfonamides is 1. The highest BCUT2D eigenvalue weighted by atomic mass is 32.2. The van der Waals surface area contributed by atoms with E-state index in [1.54, 1.807) is 0 Å². The number of hydrogen-bond acceptors (Lipinski definition) is 8. The molecule has 1 rings (SSSR count). The summed E-state index contributed by atoms with van der Waals surface area (Å²) in [5.74, 6) is -0.0337. The number of hydrogen-bond donors (Lipinski definition) is 3. The maximum absolute atomic E-state index is 11.1. The van der Waals surface area contributed by atoms with Gasteiger partial charge in [0.25, 0.3) is 0 Å². The highest BCUT2D eigenvalue weighted by Gasteiger charge is 2.22. The first-order valence-corrected chi connectivity index (χ1v) is 8.04. The van der Waals surface area contributed by atoms with Gasteiger partial charge in [-0.05, 0) is 12.8 Å². The van der Waals surface area contributed by atoms with Crippen molar-refractivity contribution >= 4 is 27.3 Å². The molecule has 0 aliphatic rings. The molecule has 0 aromatic carbocycles. The van der Waals surface area contributed by atoms with Crippen LogP contribution in [0.3, 0.4) is 0 Å². The zero-order chi connectivity index (χ0) is 15.9. The Morgan fingerprint density at radius 1 is 1.29 bits per heavy atom. The van der Waals surface area contributed by atoms with Gasteiger partial charge in [-0.2, -0.15) is 0 Å². The summed E-state index contributed by atoms with van der Waals surface area (Å²) in [4.78, 5) is 18.2. The molecule has 0 spiro atoms. The van der Waals surface area contributed by atoms with Crippen LogP contribution < -0.4 is 15.8 Å². The Balaban J connectivity index is 2.79. The monoisotopic (exact) mass is 318 g/mol. The van der Waals surface area contributed by atoms with Crippen LogP contribution >= 0.6 is 0 Å². The topological polar surface area (TPSA) is 153 Å². The van der Waals surface area contributed by atoms with Gasteiger partial charge >= 0.3 is 5.69 Å². The Morgan fingerprint density at radius 3 is 2.33 bits per heavy atom. The highest BCUT2D eigenvalue weighted by Crippen LogP contribution is 2.28. The van der Waals surface area contributed by atoms with Crippen LogP contribution in [0.1, 0.15) is 19.8 Å². The van der Waals surface area contributed by atoms with Gasteiger partial charge in [0.15, 0.2) is 0 Å². The van der Waals surface area contributed by atoms with Crippen LogP contribution in [0.4, 0.5) is 17.3 Å². The number of nitrogens with one attached hydrogen (secondary N) is 2. The first kappa shape index (κ1) is 17.0. The first-order chi connectivity index (χ1) is 9.85. The molecular weight excluding hydrogens is 300 g/mol. The van der Waals surface area contributed by atoms with Crippen molar-refractivity contribution in [1.82, 2.24) is 9.97 Å². The van der Waals surface area contributed by atoms with Gasteiger partial charge in [-0.15, -0.1) is 0 Å². The van der Waals surface area contributed by atoms with E-state index < -0.39 is 14.9 Å². The Morgan fingerprint density at radius 2 is 1.86 bits per heavy atom. The fourth-order valence-corrected chi connectivity index (χ4v) is 2.08. The first-order valence-electron chi connectivity index (χ1n) is 6.32. The van der Waals surface area contributed by atoms with Crippen molar-refractivity contribution in [2.45, 2.75) is 19.8 Å². The van der Waals surface area contributed by atoms with Gasteiger partial charge in [-0.1, -0.05) is 6.92 Å². The number of anilines is 2. The molecule has 118 valence electrons.